The zero-order chi connectivity index (χ0) is 45.6. The van der Waals surface area contributed by atoms with Gasteiger partial charge in [-0.1, -0.05) is 12.1 Å². The number of fused-ring (bicyclic) bond motifs is 3. The highest BCUT2D eigenvalue weighted by molar-refractivity contribution is 6.00. The van der Waals surface area contributed by atoms with Crippen molar-refractivity contribution in [3.05, 3.63) is 76.0 Å². The van der Waals surface area contributed by atoms with Gasteiger partial charge in [0.2, 0.25) is 11.8 Å². The van der Waals surface area contributed by atoms with Gasteiger partial charge in [0.1, 0.15) is 12.2 Å². The van der Waals surface area contributed by atoms with Gasteiger partial charge in [0.25, 0.3) is 11.8 Å². The first kappa shape index (κ1) is 42.7. The number of rotatable bonds is 9. The molecular formula is C47H55F3N12O4. The molecule has 16 nitrogen and oxygen atoms in total. The van der Waals surface area contributed by atoms with E-state index in [9.17, 15) is 23.6 Å². The smallest absolute Gasteiger partial charge is 0.329 e. The number of nitrogens with zero attached hydrogens (tertiary/aromatic N) is 9. The Balaban J connectivity index is 0.711. The molecule has 5 aliphatic heterocycles. The highest BCUT2D eigenvalue weighted by Crippen LogP contribution is 2.45. The third-order valence-corrected chi connectivity index (χ3v) is 15.5. The monoisotopic (exact) mass is 908 g/mol. The zero-order valence-electron chi connectivity index (χ0n) is 37.2. The lowest BCUT2D eigenvalue weighted by Gasteiger charge is -2.51. The summed E-state index contributed by atoms with van der Waals surface area (Å²) in [5.74, 6) is -3.47. The molecule has 8 heterocycles. The van der Waals surface area contributed by atoms with Crippen LogP contribution in [0.15, 0.2) is 53.5 Å². The van der Waals surface area contributed by atoms with Crippen molar-refractivity contribution in [1.82, 2.24) is 44.2 Å². The fourth-order valence-corrected chi connectivity index (χ4v) is 11.5. The van der Waals surface area contributed by atoms with E-state index in [4.69, 9.17) is 5.10 Å². The number of hydrogen-bond acceptors (Lipinski definition) is 11. The fraction of sp³-hybridized carbons (Fsp3) is 0.532. The summed E-state index contributed by atoms with van der Waals surface area (Å²) in [6.45, 7) is 4.31. The van der Waals surface area contributed by atoms with E-state index in [2.05, 4.69) is 35.6 Å². The highest BCUT2D eigenvalue weighted by atomic mass is 19.3. The Kier molecular flexibility index (Phi) is 10.4. The van der Waals surface area contributed by atoms with Crippen LogP contribution in [-0.4, -0.2) is 128 Å². The lowest BCUT2D eigenvalue weighted by atomic mass is 9.70. The van der Waals surface area contributed by atoms with Gasteiger partial charge < -0.3 is 20.4 Å². The molecule has 3 N–H and O–H groups in total. The normalized spacial score (nSPS) is 25.4. The lowest BCUT2D eigenvalue weighted by molar-refractivity contribution is -0.138. The second kappa shape index (κ2) is 16.1. The molecule has 2 aromatic carbocycles. The first-order chi connectivity index (χ1) is 31.8. The summed E-state index contributed by atoms with van der Waals surface area (Å²) in [7, 11) is 3.48. The second-order valence-electron chi connectivity index (χ2n) is 19.3. The summed E-state index contributed by atoms with van der Waals surface area (Å²) >= 11 is 0. The summed E-state index contributed by atoms with van der Waals surface area (Å²) in [4.78, 5) is 63.6. The largest absolute Gasteiger partial charge is 0.385 e. The number of imide groups is 1. The number of aromatic nitrogens is 5. The van der Waals surface area contributed by atoms with E-state index in [-0.39, 0.29) is 42.1 Å². The molecule has 1 saturated carbocycles. The van der Waals surface area contributed by atoms with Crippen molar-refractivity contribution in [1.29, 1.82) is 0 Å². The van der Waals surface area contributed by atoms with Gasteiger partial charge in [0, 0.05) is 77.1 Å². The number of anilines is 4. The fourth-order valence-electron chi connectivity index (χ4n) is 11.5. The molecule has 4 saturated heterocycles. The van der Waals surface area contributed by atoms with Crippen LogP contribution in [0, 0.1) is 5.41 Å². The molecule has 3 amide bonds. The molecule has 66 heavy (non-hydrogen) atoms. The number of piperidine rings is 4. The Morgan fingerprint density at radius 1 is 0.939 bits per heavy atom. The first-order valence-electron chi connectivity index (χ1n) is 23.3. The predicted molar refractivity (Wildman–Crippen MR) is 242 cm³/mol. The van der Waals surface area contributed by atoms with Gasteiger partial charge in [0.05, 0.1) is 41.5 Å². The molecule has 1 aliphatic carbocycles. The Labute approximate surface area is 379 Å². The summed E-state index contributed by atoms with van der Waals surface area (Å²) < 4.78 is 50.7. The minimum absolute atomic E-state index is 0.110. The van der Waals surface area contributed by atoms with Gasteiger partial charge in [-0.15, -0.1) is 5.10 Å². The minimum Gasteiger partial charge on any atom is -0.385 e. The van der Waals surface area contributed by atoms with E-state index in [0.29, 0.717) is 74.7 Å². The Morgan fingerprint density at radius 2 is 1.71 bits per heavy atom. The summed E-state index contributed by atoms with van der Waals surface area (Å²) in [6.07, 6.45) is 6.01. The van der Waals surface area contributed by atoms with Crippen molar-refractivity contribution in [3.8, 4) is 0 Å². The number of amides is 3. The van der Waals surface area contributed by atoms with Gasteiger partial charge in [0.15, 0.2) is 17.2 Å². The number of nitrogens with one attached hydrogen (secondary N) is 3. The Hall–Kier alpha value is -5.95. The lowest BCUT2D eigenvalue weighted by Crippen LogP contribution is -2.60. The van der Waals surface area contributed by atoms with E-state index in [0.717, 1.165) is 66.8 Å². The number of imidazole rings is 2. The maximum atomic E-state index is 16.3. The molecule has 3 unspecified atom stereocenters. The number of halogens is 3. The average molecular weight is 909 g/mol. The van der Waals surface area contributed by atoms with Crippen molar-refractivity contribution in [3.63, 3.8) is 0 Å². The quantitative estimate of drug-likeness (QED) is 0.179. The van der Waals surface area contributed by atoms with Gasteiger partial charge in [-0.3, -0.25) is 38.6 Å². The molecule has 3 aromatic heterocycles. The number of likely N-dealkylation sites (tertiary alicyclic amines) is 2. The molecule has 348 valence electrons. The molecule has 5 fully saturated rings. The van der Waals surface area contributed by atoms with E-state index in [1.165, 1.54) is 15.3 Å². The summed E-state index contributed by atoms with van der Waals surface area (Å²) in [5.41, 5.74) is 6.67. The minimum atomic E-state index is -2.87. The number of alkyl halides is 3. The molecule has 0 radical (unpaired) electrons. The number of carbonyl (C=O) groups is 3. The van der Waals surface area contributed by atoms with Gasteiger partial charge in [-0.05, 0) is 98.8 Å². The molecule has 1 spiro atoms. The van der Waals surface area contributed by atoms with Crippen LogP contribution >= 0.6 is 0 Å². The molecule has 6 aliphatic rings. The van der Waals surface area contributed by atoms with E-state index < -0.39 is 42.0 Å². The second-order valence-corrected chi connectivity index (χ2v) is 19.3. The SMILES string of the molecule is CNc1cc(N2CCc3c(CN4CCC(N5CCC6(CCN(c7ccc8c(c7)n(C)c(=O)n8C7CCC(=O)NC7=O)CC6)CC5)C(F)(F)C4)cccc32)nn2c(C(=O)NC3C[C@@H]3F)cnc12. The van der Waals surface area contributed by atoms with Gasteiger partial charge in [-0.25, -0.2) is 27.5 Å². The molecule has 4 atom stereocenters. The van der Waals surface area contributed by atoms with Crippen LogP contribution < -0.4 is 31.4 Å². The molecule has 19 heteroatoms. The van der Waals surface area contributed by atoms with E-state index >= 15 is 8.78 Å². The van der Waals surface area contributed by atoms with Gasteiger partial charge >= 0.3 is 5.69 Å². The Morgan fingerprint density at radius 3 is 2.44 bits per heavy atom. The van der Waals surface area contributed by atoms with Crippen LogP contribution in [0.25, 0.3) is 16.7 Å². The Bertz CT molecular complexity index is 2820. The van der Waals surface area contributed by atoms with Crippen LogP contribution in [0.5, 0.6) is 0 Å². The van der Waals surface area contributed by atoms with Crippen molar-refractivity contribution in [2.75, 3.05) is 68.0 Å². The van der Waals surface area contributed by atoms with Crippen molar-refractivity contribution in [2.24, 2.45) is 12.5 Å². The van der Waals surface area contributed by atoms with Crippen LogP contribution in [0.2, 0.25) is 0 Å². The third-order valence-electron chi connectivity index (χ3n) is 15.5. The summed E-state index contributed by atoms with van der Waals surface area (Å²) in [5, 5.41) is 13.1. The van der Waals surface area contributed by atoms with Gasteiger partial charge in [-0.2, -0.15) is 0 Å². The van der Waals surface area contributed by atoms with Crippen LogP contribution in [-0.2, 0) is 29.6 Å². The maximum Gasteiger partial charge on any atom is 0.329 e. The molecule has 11 rings (SSSR count). The standard InChI is InChI=1S/C47H55F3N12O4/c1-51-33-24-40(55-62-38(25-52-42(33)62)44(65)53-32-23-31(32)48)60-17-10-30-28(4-3-5-34(30)60)26-57-16-11-39(47(49,50)27-57)59-20-14-46(15-21-59)12-18-58(19-13-46)29-6-7-35-37(22-29)56(2)45(66)61(35)36-8-9-41(63)54-43(36)64/h3-7,22,24-25,31-32,36,39,51H,8-21,23,26-27H2,1-2H3,(H,53,65)(H,54,63,64)/t31-,32?,36?,39?/m0/s1. The number of hydrogen-bond donors (Lipinski definition) is 3. The third kappa shape index (κ3) is 7.38. The van der Waals surface area contributed by atoms with Crippen LogP contribution in [0.4, 0.5) is 36.1 Å². The van der Waals surface area contributed by atoms with Crippen molar-refractivity contribution < 1.29 is 27.6 Å². The molecular weight excluding hydrogens is 854 g/mol. The molecule has 5 aromatic rings. The first-order valence-corrected chi connectivity index (χ1v) is 23.3. The van der Waals surface area contributed by atoms with E-state index in [1.54, 1.807) is 18.7 Å². The molecule has 0 bridgehead atoms. The number of aryl methyl sites for hydroxylation is 1. The zero-order valence-corrected chi connectivity index (χ0v) is 37.2. The topological polar surface area (TPSA) is 157 Å². The van der Waals surface area contributed by atoms with E-state index in [1.807, 2.05) is 47.4 Å². The maximum absolute atomic E-state index is 16.3. The number of benzene rings is 2. The van der Waals surface area contributed by atoms with Crippen LogP contribution in [0.1, 0.15) is 79.0 Å². The predicted octanol–water partition coefficient (Wildman–Crippen LogP) is 4.53. The van der Waals surface area contributed by atoms with Crippen molar-refractivity contribution >= 4 is 57.3 Å². The summed E-state index contributed by atoms with van der Waals surface area (Å²) in [6, 6.07) is 11.8. The van der Waals surface area contributed by atoms with Crippen molar-refractivity contribution in [2.45, 2.75) is 94.6 Å². The number of carbonyl (C=O) groups excluding carboxylic acids is 3. The van der Waals surface area contributed by atoms with Crippen LogP contribution in [0.3, 0.4) is 0 Å². The average Bonchev–Trinajstić information content (AvgIpc) is 3.58. The highest BCUT2D eigenvalue weighted by Gasteiger charge is 2.50.